The molecule has 1 aromatic carbocycles. The summed E-state index contributed by atoms with van der Waals surface area (Å²) in [6.45, 7) is 9.92. The molecule has 2 aromatic rings. The molecule has 3 aliphatic rings. The van der Waals surface area contributed by atoms with Crippen molar-refractivity contribution in [2.75, 3.05) is 63.4 Å². The highest BCUT2D eigenvalue weighted by molar-refractivity contribution is 7.14. The third-order valence-electron chi connectivity index (χ3n) is 7.51. The van der Waals surface area contributed by atoms with Gasteiger partial charge in [-0.15, -0.1) is 11.3 Å². The second-order valence-corrected chi connectivity index (χ2v) is 11.6. The van der Waals surface area contributed by atoms with Crippen LogP contribution in [0.25, 0.3) is 0 Å². The van der Waals surface area contributed by atoms with Gasteiger partial charge < -0.3 is 29.7 Å². The summed E-state index contributed by atoms with van der Waals surface area (Å²) in [7, 11) is 1.72. The first kappa shape index (κ1) is 27.0. The lowest BCUT2D eigenvalue weighted by molar-refractivity contribution is -0.0552. The molecule has 3 fully saturated rings. The van der Waals surface area contributed by atoms with Gasteiger partial charge in [0.25, 0.3) is 11.8 Å². The van der Waals surface area contributed by atoms with E-state index < -0.39 is 0 Å². The normalized spacial score (nSPS) is 23.5. The topological polar surface area (TPSA) is 105 Å². The second-order valence-electron chi connectivity index (χ2n) is 10.8. The number of nitrogens with one attached hydrogen (secondary N) is 2. The zero-order chi connectivity index (χ0) is 26.7. The van der Waals surface area contributed by atoms with Gasteiger partial charge in [-0.3, -0.25) is 14.5 Å². The number of anilines is 2. The van der Waals surface area contributed by atoms with Crippen molar-refractivity contribution >= 4 is 34.0 Å². The average molecular weight is 544 g/mol. The summed E-state index contributed by atoms with van der Waals surface area (Å²) in [4.78, 5) is 35.6. The first-order valence-electron chi connectivity index (χ1n) is 13.2. The summed E-state index contributed by atoms with van der Waals surface area (Å²) < 4.78 is 16.5. The monoisotopic (exact) mass is 543 g/mol. The summed E-state index contributed by atoms with van der Waals surface area (Å²) in [6, 6.07) is 5.63. The Hall–Kier alpha value is -2.57. The summed E-state index contributed by atoms with van der Waals surface area (Å²) in [6.07, 6.45) is 1.90. The van der Waals surface area contributed by atoms with E-state index in [1.165, 1.54) is 11.3 Å². The van der Waals surface area contributed by atoms with Crippen molar-refractivity contribution in [1.29, 1.82) is 0 Å². The van der Waals surface area contributed by atoms with Gasteiger partial charge in [0.1, 0.15) is 5.69 Å². The van der Waals surface area contributed by atoms with E-state index in [0.717, 1.165) is 43.2 Å². The lowest BCUT2D eigenvalue weighted by atomic mass is 10.00. The highest BCUT2D eigenvalue weighted by atomic mass is 32.1. The number of amides is 2. The van der Waals surface area contributed by atoms with Crippen LogP contribution in [0.3, 0.4) is 0 Å². The molecule has 2 N–H and O–H groups in total. The molecule has 0 radical (unpaired) electrons. The van der Waals surface area contributed by atoms with Crippen molar-refractivity contribution in [1.82, 2.24) is 15.2 Å². The zero-order valence-corrected chi connectivity index (χ0v) is 23.1. The minimum atomic E-state index is -0.338. The Kier molecular flexibility index (Phi) is 8.29. The fourth-order valence-corrected chi connectivity index (χ4v) is 5.94. The Morgan fingerprint density at radius 1 is 1.18 bits per heavy atom. The number of ether oxygens (including phenoxy) is 3. The van der Waals surface area contributed by atoms with E-state index >= 15 is 0 Å². The van der Waals surface area contributed by atoms with Crippen LogP contribution in [0.15, 0.2) is 23.6 Å². The molecule has 3 saturated heterocycles. The average Bonchev–Trinajstić information content (AvgIpc) is 3.67. The van der Waals surface area contributed by atoms with Gasteiger partial charge in [0, 0.05) is 50.8 Å². The molecule has 2 atom stereocenters. The van der Waals surface area contributed by atoms with Crippen LogP contribution in [0.4, 0.5) is 10.8 Å². The maximum absolute atomic E-state index is 13.4. The first-order valence-corrected chi connectivity index (χ1v) is 14.1. The van der Waals surface area contributed by atoms with Gasteiger partial charge in [0.2, 0.25) is 0 Å². The van der Waals surface area contributed by atoms with E-state index in [9.17, 15) is 9.59 Å². The Labute approximate surface area is 227 Å². The van der Waals surface area contributed by atoms with E-state index in [0.29, 0.717) is 49.9 Å². The fourth-order valence-electron chi connectivity index (χ4n) is 5.10. The molecule has 5 rings (SSSR count). The van der Waals surface area contributed by atoms with E-state index in [-0.39, 0.29) is 29.5 Å². The van der Waals surface area contributed by atoms with Gasteiger partial charge in [-0.1, -0.05) is 6.07 Å². The van der Waals surface area contributed by atoms with E-state index in [2.05, 4.69) is 39.3 Å². The number of aromatic nitrogens is 1. The number of rotatable bonds is 8. The fraction of sp³-hybridized carbons (Fsp3) is 0.593. The molecule has 2 amide bonds. The van der Waals surface area contributed by atoms with Crippen molar-refractivity contribution < 1.29 is 23.8 Å². The molecule has 0 spiro atoms. The molecule has 4 heterocycles. The maximum atomic E-state index is 13.4. The van der Waals surface area contributed by atoms with Crippen LogP contribution >= 0.6 is 11.3 Å². The van der Waals surface area contributed by atoms with Crippen molar-refractivity contribution in [2.24, 2.45) is 0 Å². The Morgan fingerprint density at radius 2 is 2.05 bits per heavy atom. The predicted octanol–water partition coefficient (Wildman–Crippen LogP) is 2.75. The number of carbonyl (C=O) groups excluding carboxylic acids is 2. The van der Waals surface area contributed by atoms with Crippen molar-refractivity contribution in [3.63, 3.8) is 0 Å². The first-order chi connectivity index (χ1) is 18.3. The number of thiazole rings is 1. The van der Waals surface area contributed by atoms with Gasteiger partial charge in [0.05, 0.1) is 43.2 Å². The van der Waals surface area contributed by atoms with Crippen LogP contribution in [0.5, 0.6) is 0 Å². The van der Waals surface area contributed by atoms with Crippen molar-refractivity contribution in [3.05, 3.63) is 40.4 Å². The molecule has 0 bridgehead atoms. The third kappa shape index (κ3) is 6.18. The largest absolute Gasteiger partial charge is 0.380 e. The van der Waals surface area contributed by atoms with Gasteiger partial charge in [-0.05, 0) is 44.4 Å². The number of morpholine rings is 1. The molecule has 38 heavy (non-hydrogen) atoms. The van der Waals surface area contributed by atoms with Crippen LogP contribution in [0.1, 0.15) is 53.1 Å². The second kappa shape index (κ2) is 11.7. The molecule has 0 unspecified atom stereocenters. The van der Waals surface area contributed by atoms with Crippen LogP contribution in [-0.4, -0.2) is 92.6 Å². The summed E-state index contributed by atoms with van der Waals surface area (Å²) in [5.41, 5.74) is 2.14. The number of carbonyl (C=O) groups is 2. The quantitative estimate of drug-likeness (QED) is 0.524. The smallest absolute Gasteiger partial charge is 0.275 e. The summed E-state index contributed by atoms with van der Waals surface area (Å²) in [5.74, 6) is -0.559. The van der Waals surface area contributed by atoms with E-state index in [1.807, 2.05) is 18.2 Å². The number of benzene rings is 1. The number of nitrogens with zero attached hydrogens (tertiary/aromatic N) is 3. The molecule has 11 heteroatoms. The van der Waals surface area contributed by atoms with Gasteiger partial charge in [-0.25, -0.2) is 4.98 Å². The summed E-state index contributed by atoms with van der Waals surface area (Å²) >= 11 is 1.44. The third-order valence-corrected chi connectivity index (χ3v) is 8.41. The van der Waals surface area contributed by atoms with E-state index in [4.69, 9.17) is 14.2 Å². The lowest BCUT2D eigenvalue weighted by Gasteiger charge is -2.42. The minimum Gasteiger partial charge on any atom is -0.380 e. The zero-order valence-electron chi connectivity index (χ0n) is 22.3. The highest BCUT2D eigenvalue weighted by Gasteiger charge is 2.31. The minimum absolute atomic E-state index is 0.0367. The Balaban J connectivity index is 1.34. The molecule has 10 nitrogen and oxygen atoms in total. The van der Waals surface area contributed by atoms with E-state index in [1.54, 1.807) is 12.5 Å². The van der Waals surface area contributed by atoms with Crippen molar-refractivity contribution in [2.45, 2.75) is 50.9 Å². The molecular formula is C27H37N5O5S. The van der Waals surface area contributed by atoms with Crippen LogP contribution in [0, 0.1) is 0 Å². The number of hydrogen-bond donors (Lipinski definition) is 2. The van der Waals surface area contributed by atoms with Crippen LogP contribution in [-0.2, 0) is 20.8 Å². The molecule has 0 aliphatic carbocycles. The SMILES string of the molecule is CO[C@H]1CCN(c2nc(C(=O)Nc3ccc(CN4CCOCC4(C)C)cc3C(=O)N[C@H]3CCOC3)cs2)C1. The standard InChI is InChI=1S/C27H37N5O5S/c1-27(2)17-37-11-9-32(27)13-18-4-5-22(21(12-18)24(33)28-19-7-10-36-15-19)29-25(34)23-16-38-26(30-23)31-8-6-20(14-31)35-3/h4-5,12,16,19-20H,6-11,13-15,17H2,1-3H3,(H,28,33)(H,29,34)/t19-,20-/m0/s1. The predicted molar refractivity (Wildman–Crippen MR) is 146 cm³/mol. The molecule has 1 aromatic heterocycles. The van der Waals surface area contributed by atoms with Gasteiger partial charge in [-0.2, -0.15) is 0 Å². The molecule has 3 aliphatic heterocycles. The number of methoxy groups -OCH3 is 1. The highest BCUT2D eigenvalue weighted by Crippen LogP contribution is 2.28. The van der Waals surface area contributed by atoms with Crippen LogP contribution in [0.2, 0.25) is 0 Å². The number of hydrogen-bond acceptors (Lipinski definition) is 9. The van der Waals surface area contributed by atoms with Gasteiger partial charge >= 0.3 is 0 Å². The van der Waals surface area contributed by atoms with Crippen LogP contribution < -0.4 is 15.5 Å². The van der Waals surface area contributed by atoms with Gasteiger partial charge in [0.15, 0.2) is 5.13 Å². The maximum Gasteiger partial charge on any atom is 0.275 e. The Bertz CT molecular complexity index is 1150. The Morgan fingerprint density at radius 3 is 2.79 bits per heavy atom. The molecule has 0 saturated carbocycles. The summed E-state index contributed by atoms with van der Waals surface area (Å²) in [5, 5.41) is 8.57. The van der Waals surface area contributed by atoms with Crippen molar-refractivity contribution in [3.8, 4) is 0 Å². The molecule has 206 valence electrons. The molecular weight excluding hydrogens is 506 g/mol. The lowest BCUT2D eigenvalue weighted by Crippen LogP contribution is -2.52.